The predicted octanol–water partition coefficient (Wildman–Crippen LogP) is 3.65. The maximum Gasteiger partial charge on any atom is 0.226 e. The van der Waals surface area contributed by atoms with Crippen LogP contribution in [0.5, 0.6) is 11.5 Å². The normalized spacial score (nSPS) is 10.3. The molecule has 0 aliphatic carbocycles. The van der Waals surface area contributed by atoms with Gasteiger partial charge in [-0.25, -0.2) is 4.39 Å². The second-order valence-electron chi connectivity index (χ2n) is 5.31. The molecule has 128 valence electrons. The number of amides is 1. The second-order valence-corrected chi connectivity index (χ2v) is 5.31. The van der Waals surface area contributed by atoms with E-state index in [1.165, 1.54) is 12.1 Å². The molecule has 0 radical (unpaired) electrons. The van der Waals surface area contributed by atoms with Gasteiger partial charge in [0.15, 0.2) is 0 Å². The van der Waals surface area contributed by atoms with Gasteiger partial charge in [-0.1, -0.05) is 12.1 Å². The molecule has 0 atom stereocenters. The van der Waals surface area contributed by atoms with Crippen LogP contribution in [0, 0.1) is 5.82 Å². The van der Waals surface area contributed by atoms with Crippen molar-refractivity contribution in [3.05, 3.63) is 59.9 Å². The van der Waals surface area contributed by atoms with E-state index in [1.807, 2.05) is 31.2 Å². The van der Waals surface area contributed by atoms with E-state index in [4.69, 9.17) is 9.47 Å². The average molecular weight is 331 g/mol. The van der Waals surface area contributed by atoms with E-state index < -0.39 is 0 Å². The standard InChI is InChI=1S/C19H22FNO3/c1-3-21(14-15-4-8-17(23-2)9-5-15)19(22)12-13-24-18-10-6-16(20)7-11-18/h4-11H,3,12-14H2,1-2H3. The van der Waals surface area contributed by atoms with E-state index >= 15 is 0 Å². The highest BCUT2D eigenvalue weighted by molar-refractivity contribution is 5.76. The lowest BCUT2D eigenvalue weighted by molar-refractivity contribution is -0.132. The van der Waals surface area contributed by atoms with Crippen LogP contribution in [0.25, 0.3) is 0 Å². The van der Waals surface area contributed by atoms with Crippen LogP contribution in [-0.4, -0.2) is 31.1 Å². The van der Waals surface area contributed by atoms with Crippen LogP contribution in [0.15, 0.2) is 48.5 Å². The molecule has 0 saturated heterocycles. The van der Waals surface area contributed by atoms with E-state index in [9.17, 15) is 9.18 Å². The van der Waals surface area contributed by atoms with E-state index in [2.05, 4.69) is 0 Å². The highest BCUT2D eigenvalue weighted by Gasteiger charge is 2.12. The van der Waals surface area contributed by atoms with Crippen molar-refractivity contribution in [1.82, 2.24) is 4.90 Å². The number of rotatable bonds is 8. The molecule has 5 heteroatoms. The maximum absolute atomic E-state index is 12.8. The zero-order valence-corrected chi connectivity index (χ0v) is 14.0. The van der Waals surface area contributed by atoms with Gasteiger partial charge >= 0.3 is 0 Å². The SMILES string of the molecule is CCN(Cc1ccc(OC)cc1)C(=O)CCOc1ccc(F)cc1. The molecule has 4 nitrogen and oxygen atoms in total. The van der Waals surface area contributed by atoms with Crippen LogP contribution < -0.4 is 9.47 Å². The summed E-state index contributed by atoms with van der Waals surface area (Å²) in [5, 5.41) is 0. The quantitative estimate of drug-likeness (QED) is 0.741. The van der Waals surface area contributed by atoms with E-state index in [1.54, 1.807) is 24.1 Å². The van der Waals surface area contributed by atoms with Gasteiger partial charge < -0.3 is 14.4 Å². The first-order chi connectivity index (χ1) is 11.6. The van der Waals surface area contributed by atoms with Crippen molar-refractivity contribution in [2.75, 3.05) is 20.3 Å². The third-order valence-corrected chi connectivity index (χ3v) is 3.67. The first-order valence-electron chi connectivity index (χ1n) is 7.91. The van der Waals surface area contributed by atoms with Gasteiger partial charge in [0.05, 0.1) is 20.1 Å². The van der Waals surface area contributed by atoms with Gasteiger partial charge in [-0.05, 0) is 48.9 Å². The monoisotopic (exact) mass is 331 g/mol. The fourth-order valence-corrected chi connectivity index (χ4v) is 2.27. The Labute approximate surface area is 141 Å². The molecule has 0 aliphatic rings. The summed E-state index contributed by atoms with van der Waals surface area (Å²) in [5.74, 6) is 1.06. The summed E-state index contributed by atoms with van der Waals surface area (Å²) < 4.78 is 23.4. The lowest BCUT2D eigenvalue weighted by Crippen LogP contribution is -2.31. The first kappa shape index (κ1) is 17.8. The summed E-state index contributed by atoms with van der Waals surface area (Å²) in [5.41, 5.74) is 1.05. The van der Waals surface area contributed by atoms with Crippen LogP contribution >= 0.6 is 0 Å². The maximum atomic E-state index is 12.8. The van der Waals surface area contributed by atoms with E-state index in [0.717, 1.165) is 11.3 Å². The summed E-state index contributed by atoms with van der Waals surface area (Å²) >= 11 is 0. The van der Waals surface area contributed by atoms with Gasteiger partial charge in [-0.2, -0.15) is 0 Å². The minimum atomic E-state index is -0.310. The smallest absolute Gasteiger partial charge is 0.226 e. The Morgan fingerprint density at radius 3 is 2.25 bits per heavy atom. The molecule has 2 aromatic rings. The Hall–Kier alpha value is -2.56. The molecular formula is C19H22FNO3. The van der Waals surface area contributed by atoms with Gasteiger partial charge in [-0.3, -0.25) is 4.79 Å². The number of methoxy groups -OCH3 is 1. The highest BCUT2D eigenvalue weighted by Crippen LogP contribution is 2.14. The summed E-state index contributed by atoms with van der Waals surface area (Å²) in [4.78, 5) is 14.1. The Kier molecular flexibility index (Phi) is 6.61. The fourth-order valence-electron chi connectivity index (χ4n) is 2.27. The molecule has 0 heterocycles. The number of nitrogens with zero attached hydrogens (tertiary/aromatic N) is 1. The molecule has 24 heavy (non-hydrogen) atoms. The van der Waals surface area contributed by atoms with Gasteiger partial charge in [0.25, 0.3) is 0 Å². The highest BCUT2D eigenvalue weighted by atomic mass is 19.1. The number of hydrogen-bond acceptors (Lipinski definition) is 3. The third-order valence-electron chi connectivity index (χ3n) is 3.67. The Morgan fingerprint density at radius 1 is 1.04 bits per heavy atom. The molecule has 2 rings (SSSR count). The second kappa shape index (κ2) is 8.91. The van der Waals surface area contributed by atoms with Crippen LogP contribution in [0.4, 0.5) is 4.39 Å². The number of carbonyl (C=O) groups is 1. The third kappa shape index (κ3) is 5.26. The van der Waals surface area contributed by atoms with Crippen molar-refractivity contribution in [1.29, 1.82) is 0 Å². The van der Waals surface area contributed by atoms with Crippen LogP contribution in [0.2, 0.25) is 0 Å². The van der Waals surface area contributed by atoms with Crippen molar-refractivity contribution >= 4 is 5.91 Å². The number of benzene rings is 2. The molecule has 0 N–H and O–H groups in total. The van der Waals surface area contributed by atoms with Crippen LogP contribution in [-0.2, 0) is 11.3 Å². The van der Waals surface area contributed by atoms with Crippen molar-refractivity contribution < 1.29 is 18.7 Å². The molecule has 0 saturated carbocycles. The molecule has 0 spiro atoms. The predicted molar refractivity (Wildman–Crippen MR) is 90.6 cm³/mol. The van der Waals surface area contributed by atoms with E-state index in [-0.39, 0.29) is 24.8 Å². The molecular weight excluding hydrogens is 309 g/mol. The zero-order chi connectivity index (χ0) is 17.4. The number of halogens is 1. The lowest BCUT2D eigenvalue weighted by Gasteiger charge is -2.21. The number of ether oxygens (including phenoxy) is 2. The van der Waals surface area contributed by atoms with Gasteiger partial charge in [0.1, 0.15) is 17.3 Å². The average Bonchev–Trinajstić information content (AvgIpc) is 2.61. The molecule has 1 amide bonds. The van der Waals surface area contributed by atoms with Crippen molar-refractivity contribution in [2.45, 2.75) is 19.9 Å². The van der Waals surface area contributed by atoms with Gasteiger partial charge in [-0.15, -0.1) is 0 Å². The van der Waals surface area contributed by atoms with Crippen molar-refractivity contribution in [3.8, 4) is 11.5 Å². The largest absolute Gasteiger partial charge is 0.497 e. The first-order valence-corrected chi connectivity index (χ1v) is 7.91. The lowest BCUT2D eigenvalue weighted by atomic mass is 10.2. The zero-order valence-electron chi connectivity index (χ0n) is 14.0. The van der Waals surface area contributed by atoms with Crippen LogP contribution in [0.3, 0.4) is 0 Å². The minimum Gasteiger partial charge on any atom is -0.497 e. The van der Waals surface area contributed by atoms with Gasteiger partial charge in [0.2, 0.25) is 5.91 Å². The molecule has 2 aromatic carbocycles. The molecule has 0 bridgehead atoms. The topological polar surface area (TPSA) is 38.8 Å². The summed E-state index contributed by atoms with van der Waals surface area (Å²) in [7, 11) is 1.62. The summed E-state index contributed by atoms with van der Waals surface area (Å²) in [6.45, 7) is 3.39. The molecule has 0 aliphatic heterocycles. The Balaban J connectivity index is 1.82. The van der Waals surface area contributed by atoms with Crippen molar-refractivity contribution in [3.63, 3.8) is 0 Å². The summed E-state index contributed by atoms with van der Waals surface area (Å²) in [6, 6.07) is 13.4. The summed E-state index contributed by atoms with van der Waals surface area (Å²) in [6.07, 6.45) is 0.279. The Morgan fingerprint density at radius 2 is 1.67 bits per heavy atom. The Bertz CT molecular complexity index is 641. The van der Waals surface area contributed by atoms with Crippen molar-refractivity contribution in [2.24, 2.45) is 0 Å². The number of hydrogen-bond donors (Lipinski definition) is 0. The molecule has 0 unspecified atom stereocenters. The molecule has 0 fully saturated rings. The minimum absolute atomic E-state index is 0.0235. The van der Waals surface area contributed by atoms with E-state index in [0.29, 0.717) is 18.8 Å². The number of carbonyl (C=O) groups excluding carboxylic acids is 1. The van der Waals surface area contributed by atoms with Crippen LogP contribution in [0.1, 0.15) is 18.9 Å². The fraction of sp³-hybridized carbons (Fsp3) is 0.316. The van der Waals surface area contributed by atoms with Gasteiger partial charge in [0, 0.05) is 13.1 Å². The molecule has 0 aromatic heterocycles.